The van der Waals surface area contributed by atoms with Crippen LogP contribution >= 0.6 is 0 Å². The largest absolute Gasteiger partial charge is 0.492 e. The van der Waals surface area contributed by atoms with Crippen molar-refractivity contribution < 1.29 is 31.1 Å². The van der Waals surface area contributed by atoms with Gasteiger partial charge < -0.3 is 14.8 Å². The highest BCUT2D eigenvalue weighted by Crippen LogP contribution is 2.24. The van der Waals surface area contributed by atoms with Crippen molar-refractivity contribution in [3.8, 4) is 5.75 Å². The summed E-state index contributed by atoms with van der Waals surface area (Å²) in [5.41, 5.74) is 2.37. The van der Waals surface area contributed by atoms with Crippen molar-refractivity contribution in [2.45, 2.75) is 31.7 Å². The zero-order chi connectivity index (χ0) is 26.5. The molecule has 2 aromatic rings. The van der Waals surface area contributed by atoms with Gasteiger partial charge in [-0.2, -0.15) is 4.31 Å². The SMILES string of the molecule is Cc1ccc(N(C(C)C(=O)NCCOc2ccc(S(=O)(=O)N3CCOCC3)cc2)S(C)(=O)=O)cc1C. The molecule has 1 amide bonds. The number of anilines is 1. The van der Waals surface area contributed by atoms with Gasteiger partial charge in [0.05, 0.1) is 36.6 Å². The quantitative estimate of drug-likeness (QED) is 0.456. The van der Waals surface area contributed by atoms with Crippen LogP contribution in [0.2, 0.25) is 0 Å². The van der Waals surface area contributed by atoms with Gasteiger partial charge in [0.1, 0.15) is 18.4 Å². The summed E-state index contributed by atoms with van der Waals surface area (Å²) in [6, 6.07) is 10.4. The zero-order valence-corrected chi connectivity index (χ0v) is 22.6. The second-order valence-corrected chi connectivity index (χ2v) is 12.4. The van der Waals surface area contributed by atoms with Gasteiger partial charge in [0.15, 0.2) is 0 Å². The van der Waals surface area contributed by atoms with Crippen LogP contribution in [0.4, 0.5) is 5.69 Å². The van der Waals surface area contributed by atoms with Gasteiger partial charge in [-0.25, -0.2) is 16.8 Å². The van der Waals surface area contributed by atoms with E-state index in [1.165, 1.54) is 23.4 Å². The van der Waals surface area contributed by atoms with E-state index >= 15 is 0 Å². The highest BCUT2D eigenvalue weighted by Gasteiger charge is 2.29. The van der Waals surface area contributed by atoms with Crippen molar-refractivity contribution in [3.05, 3.63) is 53.6 Å². The fourth-order valence-corrected chi connectivity index (χ4v) is 6.38. The van der Waals surface area contributed by atoms with E-state index < -0.39 is 32.0 Å². The molecular weight excluding hydrogens is 506 g/mol. The lowest BCUT2D eigenvalue weighted by Gasteiger charge is -2.28. The Morgan fingerprint density at radius 1 is 1.06 bits per heavy atom. The molecule has 1 unspecified atom stereocenters. The number of sulfonamides is 2. The minimum atomic E-state index is -3.71. The molecule has 0 saturated carbocycles. The first-order chi connectivity index (χ1) is 16.9. The molecule has 1 aliphatic heterocycles. The lowest BCUT2D eigenvalue weighted by Crippen LogP contribution is -2.48. The summed E-state index contributed by atoms with van der Waals surface area (Å²) in [4.78, 5) is 12.9. The van der Waals surface area contributed by atoms with Gasteiger partial charge in [0.25, 0.3) is 0 Å². The molecule has 3 rings (SSSR count). The standard InChI is InChI=1S/C24H33N3O7S2/c1-18-5-6-21(17-19(18)2)27(35(4,29)30)20(3)24(28)25-11-14-34-22-7-9-23(10-8-22)36(31,32)26-12-15-33-16-13-26/h5-10,17,20H,11-16H2,1-4H3,(H,25,28). The Hall–Kier alpha value is -2.67. The third-order valence-corrected chi connectivity index (χ3v) is 9.09. The summed E-state index contributed by atoms with van der Waals surface area (Å²) in [5.74, 6) is -0.0136. The molecule has 0 radical (unpaired) electrons. The maximum absolute atomic E-state index is 12.7. The maximum atomic E-state index is 12.7. The van der Waals surface area contributed by atoms with Gasteiger partial charge in [-0.15, -0.1) is 0 Å². The van der Waals surface area contributed by atoms with E-state index in [1.54, 1.807) is 24.3 Å². The van der Waals surface area contributed by atoms with Crippen molar-refractivity contribution in [2.24, 2.45) is 0 Å². The molecule has 1 saturated heterocycles. The van der Waals surface area contributed by atoms with E-state index in [1.807, 2.05) is 19.9 Å². The van der Waals surface area contributed by atoms with Gasteiger partial charge >= 0.3 is 0 Å². The van der Waals surface area contributed by atoms with Gasteiger partial charge in [0.2, 0.25) is 26.0 Å². The predicted molar refractivity (Wildman–Crippen MR) is 137 cm³/mol. The van der Waals surface area contributed by atoms with Crippen LogP contribution in [0.5, 0.6) is 5.75 Å². The smallest absolute Gasteiger partial charge is 0.243 e. The molecule has 198 valence electrons. The minimum Gasteiger partial charge on any atom is -0.492 e. The first-order valence-corrected chi connectivity index (χ1v) is 14.9. The van der Waals surface area contributed by atoms with Crippen LogP contribution < -0.4 is 14.4 Å². The fraction of sp³-hybridized carbons (Fsp3) is 0.458. The first-order valence-electron chi connectivity index (χ1n) is 11.6. The monoisotopic (exact) mass is 539 g/mol. The van der Waals surface area contributed by atoms with Gasteiger partial charge in [0, 0.05) is 13.1 Å². The molecule has 1 fully saturated rings. The first kappa shape index (κ1) is 27.9. The topological polar surface area (TPSA) is 122 Å². The second kappa shape index (κ2) is 11.6. The van der Waals surface area contributed by atoms with Crippen molar-refractivity contribution in [2.75, 3.05) is 50.0 Å². The fourth-order valence-electron chi connectivity index (χ4n) is 3.81. The third kappa shape index (κ3) is 6.75. The number of ether oxygens (including phenoxy) is 2. The van der Waals surface area contributed by atoms with E-state index in [0.29, 0.717) is 37.7 Å². The summed E-state index contributed by atoms with van der Waals surface area (Å²) in [6.45, 7) is 6.98. The highest BCUT2D eigenvalue weighted by molar-refractivity contribution is 7.92. The van der Waals surface area contributed by atoms with Crippen LogP contribution in [0.15, 0.2) is 47.4 Å². The molecular formula is C24H33N3O7S2. The Bertz CT molecular complexity index is 1270. The normalized spacial score (nSPS) is 15.8. The number of nitrogens with zero attached hydrogens (tertiary/aromatic N) is 2. The number of hydrogen-bond donors (Lipinski definition) is 1. The average Bonchev–Trinajstić information content (AvgIpc) is 2.84. The second-order valence-electron chi connectivity index (χ2n) is 8.63. The molecule has 1 heterocycles. The van der Waals surface area contributed by atoms with Gasteiger partial charge in [-0.1, -0.05) is 6.07 Å². The van der Waals surface area contributed by atoms with E-state index in [2.05, 4.69) is 5.32 Å². The Morgan fingerprint density at radius 2 is 1.69 bits per heavy atom. The number of morpholine rings is 1. The molecule has 0 bridgehead atoms. The molecule has 2 aromatic carbocycles. The lowest BCUT2D eigenvalue weighted by atomic mass is 10.1. The lowest BCUT2D eigenvalue weighted by molar-refractivity contribution is -0.121. The number of benzene rings is 2. The average molecular weight is 540 g/mol. The molecule has 12 heteroatoms. The predicted octanol–water partition coefficient (Wildman–Crippen LogP) is 1.67. The summed E-state index contributed by atoms with van der Waals surface area (Å²) in [7, 11) is -7.29. The van der Waals surface area contributed by atoms with E-state index in [4.69, 9.17) is 9.47 Å². The molecule has 1 N–H and O–H groups in total. The summed E-state index contributed by atoms with van der Waals surface area (Å²) >= 11 is 0. The van der Waals surface area contributed by atoms with Crippen LogP contribution in [-0.2, 0) is 29.6 Å². The third-order valence-electron chi connectivity index (χ3n) is 5.94. The number of aryl methyl sites for hydroxylation is 2. The Morgan fingerprint density at radius 3 is 2.28 bits per heavy atom. The van der Waals surface area contributed by atoms with Gasteiger partial charge in [-0.05, 0) is 68.3 Å². The number of carbonyl (C=O) groups excluding carboxylic acids is 1. The highest BCUT2D eigenvalue weighted by atomic mass is 32.2. The maximum Gasteiger partial charge on any atom is 0.243 e. The Balaban J connectivity index is 1.55. The van der Waals surface area contributed by atoms with Crippen LogP contribution in [0.1, 0.15) is 18.1 Å². The molecule has 0 spiro atoms. The zero-order valence-electron chi connectivity index (χ0n) is 20.9. The van der Waals surface area contributed by atoms with E-state index in [9.17, 15) is 21.6 Å². The minimum absolute atomic E-state index is 0.122. The molecule has 36 heavy (non-hydrogen) atoms. The summed E-state index contributed by atoms with van der Waals surface area (Å²) in [6.07, 6.45) is 1.07. The number of amides is 1. The van der Waals surface area contributed by atoms with Gasteiger partial charge in [-0.3, -0.25) is 9.10 Å². The van der Waals surface area contributed by atoms with Crippen LogP contribution in [0.3, 0.4) is 0 Å². The number of nitrogens with one attached hydrogen (secondary N) is 1. The number of rotatable bonds is 10. The van der Waals surface area contributed by atoms with E-state index in [-0.39, 0.29) is 18.0 Å². The van der Waals surface area contributed by atoms with Crippen molar-refractivity contribution >= 4 is 31.6 Å². The number of carbonyl (C=O) groups is 1. The molecule has 10 nitrogen and oxygen atoms in total. The Labute approximate surface area is 213 Å². The van der Waals surface area contributed by atoms with Crippen molar-refractivity contribution in [1.29, 1.82) is 0 Å². The molecule has 1 atom stereocenters. The summed E-state index contributed by atoms with van der Waals surface area (Å²) < 4.78 is 63.6. The van der Waals surface area contributed by atoms with Crippen LogP contribution in [0.25, 0.3) is 0 Å². The summed E-state index contributed by atoms with van der Waals surface area (Å²) in [5, 5.41) is 2.70. The molecule has 0 aromatic heterocycles. The number of hydrogen-bond acceptors (Lipinski definition) is 7. The van der Waals surface area contributed by atoms with Crippen molar-refractivity contribution in [1.82, 2.24) is 9.62 Å². The van der Waals surface area contributed by atoms with E-state index in [0.717, 1.165) is 21.7 Å². The van der Waals surface area contributed by atoms with Crippen molar-refractivity contribution in [3.63, 3.8) is 0 Å². The Kier molecular flexibility index (Phi) is 8.98. The molecule has 1 aliphatic rings. The molecule has 0 aliphatic carbocycles. The van der Waals surface area contributed by atoms with Crippen LogP contribution in [0, 0.1) is 13.8 Å². The van der Waals surface area contributed by atoms with Crippen LogP contribution in [-0.4, -0.2) is 78.8 Å².